The Morgan fingerprint density at radius 3 is 2.40 bits per heavy atom. The van der Waals surface area contributed by atoms with Crippen molar-refractivity contribution >= 4 is 18.7 Å². The van der Waals surface area contributed by atoms with Gasteiger partial charge >= 0.3 is 7.75 Å². The highest BCUT2D eigenvalue weighted by Crippen LogP contribution is 2.56. The van der Waals surface area contributed by atoms with E-state index < -0.39 is 18.7 Å². The standard InChI is InChI=1S/C8H14NO4PS/c1-12-14(10,13-2)9-7-3-5-8(6-4-7)15(9)11/h3,5,7-8H,4,6H2,1-2H3/t7-,8+,15?/m0/s1. The van der Waals surface area contributed by atoms with Crippen molar-refractivity contribution in [2.45, 2.75) is 24.1 Å². The Balaban J connectivity index is 2.34. The van der Waals surface area contributed by atoms with Crippen LogP contribution in [0.25, 0.3) is 0 Å². The Labute approximate surface area is 91.6 Å². The lowest BCUT2D eigenvalue weighted by Crippen LogP contribution is -2.46. The molecule has 0 radical (unpaired) electrons. The lowest BCUT2D eigenvalue weighted by Gasteiger charge is -2.41. The molecule has 3 aliphatic rings. The van der Waals surface area contributed by atoms with E-state index in [0.717, 1.165) is 12.8 Å². The molecule has 1 fully saturated rings. The quantitative estimate of drug-likeness (QED) is 0.562. The molecule has 0 N–H and O–H groups in total. The Kier molecular flexibility index (Phi) is 3.14. The van der Waals surface area contributed by atoms with Gasteiger partial charge in [0.1, 0.15) is 11.0 Å². The third-order valence-electron chi connectivity index (χ3n) is 2.72. The second-order valence-corrected chi connectivity index (χ2v) is 7.40. The maximum Gasteiger partial charge on any atom is 0.419 e. The van der Waals surface area contributed by atoms with E-state index >= 15 is 0 Å². The first kappa shape index (κ1) is 11.5. The van der Waals surface area contributed by atoms with E-state index in [2.05, 4.69) is 0 Å². The van der Waals surface area contributed by atoms with Crippen molar-refractivity contribution in [3.8, 4) is 0 Å². The molecule has 0 saturated carbocycles. The molecule has 0 spiro atoms. The van der Waals surface area contributed by atoms with Gasteiger partial charge in [0.15, 0.2) is 0 Å². The van der Waals surface area contributed by atoms with Crippen molar-refractivity contribution in [1.82, 2.24) is 4.08 Å². The van der Waals surface area contributed by atoms with Gasteiger partial charge in [0.2, 0.25) is 0 Å². The van der Waals surface area contributed by atoms with Crippen molar-refractivity contribution in [3.63, 3.8) is 0 Å². The van der Waals surface area contributed by atoms with Crippen LogP contribution < -0.4 is 0 Å². The average Bonchev–Trinajstić information content (AvgIpc) is 2.29. The van der Waals surface area contributed by atoms with E-state index in [1.54, 1.807) is 0 Å². The molecule has 86 valence electrons. The SMILES string of the molecule is COP(=O)(OC)N1[C@H]2C=C[C@H](CC2)S1=O. The van der Waals surface area contributed by atoms with Crippen LogP contribution in [0.3, 0.4) is 0 Å². The van der Waals surface area contributed by atoms with Gasteiger partial charge in [-0.25, -0.2) is 8.77 Å². The summed E-state index contributed by atoms with van der Waals surface area (Å²) < 4.78 is 35.3. The van der Waals surface area contributed by atoms with Crippen LogP contribution in [0.2, 0.25) is 0 Å². The Hall–Kier alpha value is -0.0000000000000000555. The third kappa shape index (κ3) is 1.74. The maximum atomic E-state index is 12.2. The lowest BCUT2D eigenvalue weighted by molar-refractivity contribution is 0.226. The highest BCUT2D eigenvalue weighted by molar-refractivity contribution is 7.89. The summed E-state index contributed by atoms with van der Waals surface area (Å²) in [4.78, 5) is 0. The molecule has 1 unspecified atom stereocenters. The van der Waals surface area contributed by atoms with Gasteiger partial charge in [-0.15, -0.1) is 4.08 Å². The monoisotopic (exact) mass is 251 g/mol. The normalized spacial score (nSPS) is 36.0. The summed E-state index contributed by atoms with van der Waals surface area (Å²) in [6.07, 6.45) is 5.58. The molecular formula is C8H14NO4PS. The van der Waals surface area contributed by atoms with Crippen molar-refractivity contribution in [1.29, 1.82) is 0 Å². The van der Waals surface area contributed by atoms with Crippen LogP contribution in [-0.2, 0) is 24.6 Å². The van der Waals surface area contributed by atoms with Crippen LogP contribution >= 0.6 is 7.75 Å². The largest absolute Gasteiger partial charge is 0.419 e. The van der Waals surface area contributed by atoms with E-state index in [1.807, 2.05) is 12.2 Å². The predicted molar refractivity (Wildman–Crippen MR) is 57.6 cm³/mol. The average molecular weight is 251 g/mol. The van der Waals surface area contributed by atoms with Gasteiger partial charge in [0.05, 0.1) is 11.3 Å². The number of hydrogen-bond donors (Lipinski definition) is 0. The summed E-state index contributed by atoms with van der Waals surface area (Å²) in [7, 11) is -2.05. The number of nitrogens with zero attached hydrogens (tertiary/aromatic N) is 1. The Morgan fingerprint density at radius 2 is 2.00 bits per heavy atom. The fraction of sp³-hybridized carbons (Fsp3) is 0.750. The highest BCUT2D eigenvalue weighted by atomic mass is 32.2. The molecule has 2 bridgehead atoms. The molecular weight excluding hydrogens is 237 g/mol. The molecule has 3 rings (SSSR count). The van der Waals surface area contributed by atoms with E-state index in [0.29, 0.717) is 0 Å². The van der Waals surface area contributed by atoms with Gasteiger partial charge in [-0.1, -0.05) is 12.2 Å². The smallest absolute Gasteiger partial charge is 0.299 e. The van der Waals surface area contributed by atoms with Gasteiger partial charge < -0.3 is 0 Å². The fourth-order valence-corrected chi connectivity index (χ4v) is 5.78. The highest BCUT2D eigenvalue weighted by Gasteiger charge is 2.47. The molecule has 15 heavy (non-hydrogen) atoms. The van der Waals surface area contributed by atoms with Crippen molar-refractivity contribution < 1.29 is 17.8 Å². The number of rotatable bonds is 3. The van der Waals surface area contributed by atoms with Gasteiger partial charge in [0.25, 0.3) is 0 Å². The van der Waals surface area contributed by atoms with Gasteiger partial charge in [-0.3, -0.25) is 9.05 Å². The lowest BCUT2D eigenvalue weighted by atomic mass is 10.0. The van der Waals surface area contributed by atoms with E-state index in [-0.39, 0.29) is 11.3 Å². The summed E-state index contributed by atoms with van der Waals surface area (Å²) >= 11 is 0. The van der Waals surface area contributed by atoms with E-state index in [1.165, 1.54) is 18.3 Å². The zero-order chi connectivity index (χ0) is 11.1. The van der Waals surface area contributed by atoms with Crippen LogP contribution in [0.5, 0.6) is 0 Å². The molecule has 2 heterocycles. The van der Waals surface area contributed by atoms with Crippen molar-refractivity contribution in [2.75, 3.05) is 14.2 Å². The summed E-state index contributed by atoms with van der Waals surface area (Å²) in [6.45, 7) is 0. The van der Waals surface area contributed by atoms with Crippen LogP contribution in [0.15, 0.2) is 12.2 Å². The first-order valence-corrected chi connectivity index (χ1v) is 7.39. The minimum atomic E-state index is -3.37. The molecule has 5 nitrogen and oxygen atoms in total. The number of hydrogen-bond acceptors (Lipinski definition) is 4. The predicted octanol–water partition coefficient (Wildman–Crippen LogP) is 1.45. The molecule has 0 aromatic carbocycles. The first-order chi connectivity index (χ1) is 7.12. The number of fused-ring (bicyclic) bond motifs is 2. The fourth-order valence-electron chi connectivity index (χ4n) is 1.92. The Morgan fingerprint density at radius 1 is 1.33 bits per heavy atom. The maximum absolute atomic E-state index is 12.2. The second kappa shape index (κ2) is 4.11. The zero-order valence-electron chi connectivity index (χ0n) is 8.66. The topological polar surface area (TPSA) is 55.8 Å². The zero-order valence-corrected chi connectivity index (χ0v) is 10.4. The van der Waals surface area contributed by atoms with Gasteiger partial charge in [0, 0.05) is 14.2 Å². The Bertz CT molecular complexity index is 351. The molecule has 1 aliphatic carbocycles. The van der Waals surface area contributed by atoms with E-state index in [9.17, 15) is 8.77 Å². The molecule has 0 amide bonds. The minimum Gasteiger partial charge on any atom is -0.299 e. The van der Waals surface area contributed by atoms with Crippen LogP contribution in [0.4, 0.5) is 0 Å². The molecule has 3 atom stereocenters. The summed E-state index contributed by atoms with van der Waals surface area (Å²) in [5, 5.41) is -0.0476. The van der Waals surface area contributed by atoms with Gasteiger partial charge in [-0.2, -0.15) is 0 Å². The summed E-state index contributed by atoms with van der Waals surface area (Å²) in [6, 6.07) is -0.0958. The van der Waals surface area contributed by atoms with Crippen molar-refractivity contribution in [2.24, 2.45) is 0 Å². The minimum absolute atomic E-state index is 0.0476. The van der Waals surface area contributed by atoms with Crippen LogP contribution in [0.1, 0.15) is 12.8 Å². The molecule has 7 heteroatoms. The molecule has 0 aromatic rings. The molecule has 1 saturated heterocycles. The summed E-state index contributed by atoms with van der Waals surface area (Å²) in [5.41, 5.74) is 0. The van der Waals surface area contributed by atoms with Crippen molar-refractivity contribution in [3.05, 3.63) is 12.2 Å². The molecule has 2 aliphatic heterocycles. The first-order valence-electron chi connectivity index (χ1n) is 4.72. The summed E-state index contributed by atoms with van der Waals surface area (Å²) in [5.74, 6) is 0. The van der Waals surface area contributed by atoms with E-state index in [4.69, 9.17) is 9.05 Å². The molecule has 0 aromatic heterocycles. The van der Waals surface area contributed by atoms with Crippen LogP contribution in [-0.4, -0.2) is 33.8 Å². The second-order valence-electron chi connectivity index (χ2n) is 3.48. The third-order valence-corrected chi connectivity index (χ3v) is 7.06. The van der Waals surface area contributed by atoms with Gasteiger partial charge in [-0.05, 0) is 12.8 Å². The van der Waals surface area contributed by atoms with Crippen LogP contribution in [0, 0.1) is 0 Å².